The van der Waals surface area contributed by atoms with Crippen molar-refractivity contribution in [3.8, 4) is 5.75 Å². The minimum atomic E-state index is 0.639. The van der Waals surface area contributed by atoms with Gasteiger partial charge in [0.05, 0.1) is 6.61 Å². The van der Waals surface area contributed by atoms with Crippen LogP contribution in [0.5, 0.6) is 5.75 Å². The lowest BCUT2D eigenvalue weighted by molar-refractivity contribution is 0.100. The molecule has 0 unspecified atom stereocenters. The van der Waals surface area contributed by atoms with E-state index in [1.54, 1.807) is 0 Å². The third-order valence-corrected chi connectivity index (χ3v) is 4.00. The van der Waals surface area contributed by atoms with Crippen molar-refractivity contribution in [1.29, 1.82) is 0 Å². The molecule has 1 heterocycles. The Hall–Kier alpha value is -0.870. The van der Waals surface area contributed by atoms with E-state index in [4.69, 9.17) is 15.2 Å². The Morgan fingerprint density at radius 1 is 1.35 bits per heavy atom. The van der Waals surface area contributed by atoms with Gasteiger partial charge in [-0.2, -0.15) is 0 Å². The van der Waals surface area contributed by atoms with Crippen molar-refractivity contribution >= 4 is 17.4 Å². The zero-order valence-corrected chi connectivity index (χ0v) is 11.0. The number of nitrogen functional groups attached to an aromatic ring is 1. The first-order valence-corrected chi connectivity index (χ1v) is 6.93. The lowest BCUT2D eigenvalue weighted by Gasteiger charge is -2.21. The summed E-state index contributed by atoms with van der Waals surface area (Å²) >= 11 is 1.88. The Balaban J connectivity index is 2.03. The molecule has 0 aromatic heterocycles. The molecule has 94 valence electrons. The fourth-order valence-electron chi connectivity index (χ4n) is 1.90. The Bertz CT molecular complexity index is 364. The SMILES string of the molecule is CCOc1cc(N)cc(SC2CCOCC2)c1. The van der Waals surface area contributed by atoms with Crippen LogP contribution in [0.1, 0.15) is 19.8 Å². The molecule has 0 aliphatic carbocycles. The quantitative estimate of drug-likeness (QED) is 0.838. The summed E-state index contributed by atoms with van der Waals surface area (Å²) in [7, 11) is 0. The maximum Gasteiger partial charge on any atom is 0.122 e. The fourth-order valence-corrected chi connectivity index (χ4v) is 3.10. The van der Waals surface area contributed by atoms with Gasteiger partial charge in [-0.25, -0.2) is 0 Å². The summed E-state index contributed by atoms with van der Waals surface area (Å²) in [6.07, 6.45) is 2.23. The number of benzene rings is 1. The average molecular weight is 253 g/mol. The first-order chi connectivity index (χ1) is 8.28. The van der Waals surface area contributed by atoms with Crippen LogP contribution in [0, 0.1) is 0 Å². The molecule has 0 spiro atoms. The topological polar surface area (TPSA) is 44.5 Å². The molecule has 17 heavy (non-hydrogen) atoms. The number of rotatable bonds is 4. The number of nitrogens with two attached hydrogens (primary N) is 1. The van der Waals surface area contributed by atoms with Gasteiger partial charge in [0.2, 0.25) is 0 Å². The van der Waals surface area contributed by atoms with Crippen molar-refractivity contribution < 1.29 is 9.47 Å². The molecule has 0 bridgehead atoms. The summed E-state index contributed by atoms with van der Waals surface area (Å²) in [5, 5.41) is 0.639. The molecule has 1 aromatic carbocycles. The maximum atomic E-state index is 5.88. The minimum Gasteiger partial charge on any atom is -0.494 e. The molecule has 0 atom stereocenters. The van der Waals surface area contributed by atoms with Gasteiger partial charge < -0.3 is 15.2 Å². The van der Waals surface area contributed by atoms with Crippen LogP contribution in [-0.4, -0.2) is 25.1 Å². The van der Waals surface area contributed by atoms with Gasteiger partial charge in [0.15, 0.2) is 0 Å². The van der Waals surface area contributed by atoms with E-state index in [9.17, 15) is 0 Å². The van der Waals surface area contributed by atoms with Gasteiger partial charge in [0.25, 0.3) is 0 Å². The summed E-state index contributed by atoms with van der Waals surface area (Å²) in [5.41, 5.74) is 6.65. The van der Waals surface area contributed by atoms with Gasteiger partial charge in [0, 0.05) is 35.1 Å². The number of ether oxygens (including phenoxy) is 2. The highest BCUT2D eigenvalue weighted by atomic mass is 32.2. The van der Waals surface area contributed by atoms with Gasteiger partial charge in [0.1, 0.15) is 5.75 Å². The average Bonchev–Trinajstić information content (AvgIpc) is 2.30. The predicted octanol–water partition coefficient (Wildman–Crippen LogP) is 2.94. The molecule has 1 aliphatic rings. The second-order valence-electron chi connectivity index (χ2n) is 4.10. The van der Waals surface area contributed by atoms with Gasteiger partial charge in [-0.3, -0.25) is 0 Å². The van der Waals surface area contributed by atoms with Crippen LogP contribution >= 0.6 is 11.8 Å². The van der Waals surface area contributed by atoms with Crippen LogP contribution < -0.4 is 10.5 Å². The van der Waals surface area contributed by atoms with E-state index >= 15 is 0 Å². The van der Waals surface area contributed by atoms with Gasteiger partial charge in [-0.15, -0.1) is 11.8 Å². The number of hydrogen-bond acceptors (Lipinski definition) is 4. The van der Waals surface area contributed by atoms with E-state index in [1.165, 1.54) is 4.90 Å². The third kappa shape index (κ3) is 3.82. The zero-order valence-electron chi connectivity index (χ0n) is 10.1. The first kappa shape index (κ1) is 12.6. The van der Waals surface area contributed by atoms with Crippen molar-refractivity contribution in [2.45, 2.75) is 29.9 Å². The fraction of sp³-hybridized carbons (Fsp3) is 0.538. The maximum absolute atomic E-state index is 5.88. The van der Waals surface area contributed by atoms with E-state index < -0.39 is 0 Å². The van der Waals surface area contributed by atoms with E-state index in [2.05, 4.69) is 6.07 Å². The van der Waals surface area contributed by atoms with Gasteiger partial charge in [-0.05, 0) is 31.9 Å². The van der Waals surface area contributed by atoms with Crippen LogP contribution in [0.4, 0.5) is 5.69 Å². The molecule has 1 saturated heterocycles. The van der Waals surface area contributed by atoms with Crippen LogP contribution in [0.3, 0.4) is 0 Å². The highest BCUT2D eigenvalue weighted by Crippen LogP contribution is 2.33. The molecule has 0 radical (unpaired) electrons. The highest BCUT2D eigenvalue weighted by Gasteiger charge is 2.15. The predicted molar refractivity (Wildman–Crippen MR) is 71.7 cm³/mol. The van der Waals surface area contributed by atoms with Crippen molar-refractivity contribution in [2.75, 3.05) is 25.6 Å². The van der Waals surface area contributed by atoms with E-state index in [-0.39, 0.29) is 0 Å². The van der Waals surface area contributed by atoms with Crippen LogP contribution in [0.15, 0.2) is 23.1 Å². The molecular formula is C13H19NO2S. The second kappa shape index (κ2) is 6.17. The second-order valence-corrected chi connectivity index (χ2v) is 5.47. The van der Waals surface area contributed by atoms with E-state index in [0.29, 0.717) is 11.9 Å². The summed E-state index contributed by atoms with van der Waals surface area (Å²) in [4.78, 5) is 1.19. The Morgan fingerprint density at radius 3 is 2.82 bits per heavy atom. The van der Waals surface area contributed by atoms with Crippen molar-refractivity contribution in [1.82, 2.24) is 0 Å². The molecular weight excluding hydrogens is 234 g/mol. The Morgan fingerprint density at radius 2 is 2.12 bits per heavy atom. The lowest BCUT2D eigenvalue weighted by atomic mass is 10.2. The van der Waals surface area contributed by atoms with Crippen LogP contribution in [-0.2, 0) is 4.74 Å². The molecule has 0 saturated carbocycles. The number of hydrogen-bond donors (Lipinski definition) is 1. The Labute approximate surface area is 107 Å². The zero-order chi connectivity index (χ0) is 12.1. The summed E-state index contributed by atoms with van der Waals surface area (Å²) in [5.74, 6) is 0.863. The molecule has 2 rings (SSSR count). The normalized spacial score (nSPS) is 17.0. The lowest BCUT2D eigenvalue weighted by Crippen LogP contribution is -2.17. The van der Waals surface area contributed by atoms with Crippen molar-refractivity contribution in [3.63, 3.8) is 0 Å². The molecule has 1 aromatic rings. The smallest absolute Gasteiger partial charge is 0.122 e. The summed E-state index contributed by atoms with van der Waals surface area (Å²) < 4.78 is 10.9. The van der Waals surface area contributed by atoms with Crippen molar-refractivity contribution in [3.05, 3.63) is 18.2 Å². The molecule has 3 nitrogen and oxygen atoms in total. The highest BCUT2D eigenvalue weighted by molar-refractivity contribution is 8.00. The van der Waals surface area contributed by atoms with Gasteiger partial charge in [-0.1, -0.05) is 0 Å². The van der Waals surface area contributed by atoms with Gasteiger partial charge >= 0.3 is 0 Å². The molecule has 4 heteroatoms. The first-order valence-electron chi connectivity index (χ1n) is 6.05. The molecule has 1 fully saturated rings. The third-order valence-electron chi connectivity index (χ3n) is 2.68. The number of anilines is 1. The monoisotopic (exact) mass is 253 g/mol. The minimum absolute atomic E-state index is 0.639. The standard InChI is InChI=1S/C13H19NO2S/c1-2-16-11-7-10(14)8-13(9-11)17-12-3-5-15-6-4-12/h7-9,12H,2-6,14H2,1H3. The summed E-state index contributed by atoms with van der Waals surface area (Å²) in [6, 6.07) is 5.96. The van der Waals surface area contributed by atoms with E-state index in [1.807, 2.05) is 30.8 Å². The molecule has 1 aliphatic heterocycles. The number of thioether (sulfide) groups is 1. The molecule has 2 N–H and O–H groups in total. The largest absolute Gasteiger partial charge is 0.494 e. The molecule has 0 amide bonds. The van der Waals surface area contributed by atoms with Crippen LogP contribution in [0.2, 0.25) is 0 Å². The van der Waals surface area contributed by atoms with E-state index in [0.717, 1.165) is 37.5 Å². The van der Waals surface area contributed by atoms with Crippen molar-refractivity contribution in [2.24, 2.45) is 0 Å². The van der Waals surface area contributed by atoms with Crippen LogP contribution in [0.25, 0.3) is 0 Å². The summed E-state index contributed by atoms with van der Waals surface area (Å²) in [6.45, 7) is 4.40. The Kier molecular flexibility index (Phi) is 4.57.